The number of amides is 1. The first-order valence-electron chi connectivity index (χ1n) is 8.27. The summed E-state index contributed by atoms with van der Waals surface area (Å²) in [5.74, 6) is 1.54. The van der Waals surface area contributed by atoms with E-state index in [1.807, 2.05) is 0 Å². The minimum atomic E-state index is 0. The molecule has 0 aromatic carbocycles. The Morgan fingerprint density at radius 3 is 2.57 bits per heavy atom. The van der Waals surface area contributed by atoms with E-state index in [0.717, 1.165) is 32.5 Å². The van der Waals surface area contributed by atoms with Crippen LogP contribution in [-0.4, -0.2) is 49.7 Å². The van der Waals surface area contributed by atoms with E-state index in [9.17, 15) is 4.79 Å². The SMILES string of the molecule is COCC1CCCN(C(=O)CC2CC3CCC(C2)N3)C1.Cl. The van der Waals surface area contributed by atoms with Gasteiger partial charge in [-0.15, -0.1) is 12.4 Å². The number of carbonyl (C=O) groups excluding carboxylic acids is 1. The zero-order valence-electron chi connectivity index (χ0n) is 13.1. The van der Waals surface area contributed by atoms with Gasteiger partial charge in [-0.25, -0.2) is 0 Å². The molecule has 3 atom stereocenters. The summed E-state index contributed by atoms with van der Waals surface area (Å²) in [6.07, 6.45) is 8.15. The van der Waals surface area contributed by atoms with E-state index in [-0.39, 0.29) is 12.4 Å². The van der Waals surface area contributed by atoms with Crippen LogP contribution in [0.5, 0.6) is 0 Å². The third-order valence-electron chi connectivity index (χ3n) is 5.31. The fraction of sp³-hybridized carbons (Fsp3) is 0.938. The smallest absolute Gasteiger partial charge is 0.222 e. The van der Waals surface area contributed by atoms with Crippen LogP contribution in [0, 0.1) is 11.8 Å². The van der Waals surface area contributed by atoms with Crippen LogP contribution < -0.4 is 5.32 Å². The normalized spacial score (nSPS) is 35.4. The predicted molar refractivity (Wildman–Crippen MR) is 85.7 cm³/mol. The van der Waals surface area contributed by atoms with Crippen molar-refractivity contribution in [2.45, 2.75) is 57.0 Å². The molecule has 0 radical (unpaired) electrons. The molecule has 0 spiro atoms. The molecule has 2 bridgehead atoms. The zero-order chi connectivity index (χ0) is 13.9. The Balaban J connectivity index is 0.00000161. The van der Waals surface area contributed by atoms with Gasteiger partial charge in [-0.3, -0.25) is 4.79 Å². The average molecular weight is 317 g/mol. The van der Waals surface area contributed by atoms with E-state index >= 15 is 0 Å². The van der Waals surface area contributed by atoms with E-state index in [1.54, 1.807) is 7.11 Å². The highest BCUT2D eigenvalue weighted by Gasteiger charge is 2.35. The number of carbonyl (C=O) groups is 1. The molecule has 3 heterocycles. The number of hydrogen-bond acceptors (Lipinski definition) is 3. The van der Waals surface area contributed by atoms with Gasteiger partial charge in [0, 0.05) is 38.7 Å². The average Bonchev–Trinajstić information content (AvgIpc) is 2.79. The van der Waals surface area contributed by atoms with E-state index in [2.05, 4.69) is 10.2 Å². The number of fused-ring (bicyclic) bond motifs is 2. The number of halogens is 1. The molecular weight excluding hydrogens is 288 g/mol. The molecule has 0 aliphatic carbocycles. The molecule has 1 amide bonds. The summed E-state index contributed by atoms with van der Waals surface area (Å²) in [7, 11) is 1.76. The van der Waals surface area contributed by atoms with Gasteiger partial charge in [-0.2, -0.15) is 0 Å². The molecular formula is C16H29ClN2O2. The lowest BCUT2D eigenvalue weighted by atomic mass is 9.88. The Morgan fingerprint density at radius 1 is 1.19 bits per heavy atom. The zero-order valence-corrected chi connectivity index (χ0v) is 13.9. The van der Waals surface area contributed by atoms with Gasteiger partial charge in [0.2, 0.25) is 5.91 Å². The van der Waals surface area contributed by atoms with Crippen LogP contribution >= 0.6 is 12.4 Å². The van der Waals surface area contributed by atoms with E-state index < -0.39 is 0 Å². The van der Waals surface area contributed by atoms with Crippen LogP contribution in [-0.2, 0) is 9.53 Å². The van der Waals surface area contributed by atoms with Gasteiger partial charge in [-0.1, -0.05) is 0 Å². The van der Waals surface area contributed by atoms with Crippen LogP contribution in [0.1, 0.15) is 44.9 Å². The number of nitrogens with zero attached hydrogens (tertiary/aromatic N) is 1. The van der Waals surface area contributed by atoms with E-state index in [1.165, 1.54) is 32.1 Å². The summed E-state index contributed by atoms with van der Waals surface area (Å²) in [6, 6.07) is 1.38. The Morgan fingerprint density at radius 2 is 1.90 bits per heavy atom. The Kier molecular flexibility index (Phi) is 6.33. The number of hydrogen-bond donors (Lipinski definition) is 1. The van der Waals surface area contributed by atoms with Crippen molar-refractivity contribution < 1.29 is 9.53 Å². The van der Waals surface area contributed by atoms with Crippen LogP contribution in [0.3, 0.4) is 0 Å². The molecule has 0 saturated carbocycles. The Hall–Kier alpha value is -0.320. The van der Waals surface area contributed by atoms with Crippen LogP contribution in [0.15, 0.2) is 0 Å². The molecule has 4 nitrogen and oxygen atoms in total. The number of likely N-dealkylation sites (tertiary alicyclic amines) is 1. The maximum atomic E-state index is 12.5. The first-order valence-corrected chi connectivity index (χ1v) is 8.27. The molecule has 5 heteroatoms. The standard InChI is InChI=1S/C16H28N2O2.ClH/c1-20-11-12-3-2-6-18(10-12)16(19)9-13-7-14-4-5-15(8-13)17-14;/h12-15,17H,2-11H2,1H3;1H. The van der Waals surface area contributed by atoms with Gasteiger partial charge in [0.25, 0.3) is 0 Å². The van der Waals surface area contributed by atoms with Crippen LogP contribution in [0.25, 0.3) is 0 Å². The molecule has 21 heavy (non-hydrogen) atoms. The number of rotatable bonds is 4. The van der Waals surface area contributed by atoms with Crippen LogP contribution in [0.4, 0.5) is 0 Å². The van der Waals surface area contributed by atoms with Gasteiger partial charge in [0.1, 0.15) is 0 Å². The number of ether oxygens (including phenoxy) is 1. The summed E-state index contributed by atoms with van der Waals surface area (Å²) in [4.78, 5) is 14.6. The number of nitrogens with one attached hydrogen (secondary N) is 1. The fourth-order valence-electron chi connectivity index (χ4n) is 4.38. The highest BCUT2D eigenvalue weighted by Crippen LogP contribution is 2.33. The monoisotopic (exact) mass is 316 g/mol. The molecule has 3 aliphatic heterocycles. The summed E-state index contributed by atoms with van der Waals surface area (Å²) >= 11 is 0. The van der Waals surface area contributed by atoms with Crippen molar-refractivity contribution in [2.75, 3.05) is 26.8 Å². The number of piperidine rings is 2. The van der Waals surface area contributed by atoms with Crippen molar-refractivity contribution in [3.8, 4) is 0 Å². The Bertz CT molecular complexity index is 339. The third-order valence-corrected chi connectivity index (χ3v) is 5.31. The third kappa shape index (κ3) is 4.33. The second-order valence-corrected chi connectivity index (χ2v) is 6.98. The van der Waals surface area contributed by atoms with Crippen molar-refractivity contribution in [3.63, 3.8) is 0 Å². The summed E-state index contributed by atoms with van der Waals surface area (Å²) in [5, 5.41) is 3.66. The van der Waals surface area contributed by atoms with Gasteiger partial charge < -0.3 is 15.0 Å². The lowest BCUT2D eigenvalue weighted by Gasteiger charge is -2.35. The largest absolute Gasteiger partial charge is 0.384 e. The van der Waals surface area contributed by atoms with Crippen molar-refractivity contribution in [1.82, 2.24) is 10.2 Å². The molecule has 3 saturated heterocycles. The molecule has 3 aliphatic rings. The predicted octanol–water partition coefficient (Wildman–Crippen LogP) is 2.21. The minimum Gasteiger partial charge on any atom is -0.384 e. The van der Waals surface area contributed by atoms with Crippen molar-refractivity contribution in [1.29, 1.82) is 0 Å². The van der Waals surface area contributed by atoms with E-state index in [4.69, 9.17) is 4.74 Å². The second kappa shape index (κ2) is 7.80. The molecule has 3 fully saturated rings. The van der Waals surface area contributed by atoms with Gasteiger partial charge >= 0.3 is 0 Å². The Labute approximate surface area is 134 Å². The van der Waals surface area contributed by atoms with E-state index in [0.29, 0.717) is 29.8 Å². The van der Waals surface area contributed by atoms with Gasteiger partial charge in [-0.05, 0) is 50.4 Å². The molecule has 0 aromatic rings. The molecule has 1 N–H and O–H groups in total. The molecule has 122 valence electrons. The van der Waals surface area contributed by atoms with Crippen molar-refractivity contribution in [3.05, 3.63) is 0 Å². The quantitative estimate of drug-likeness (QED) is 0.864. The maximum absolute atomic E-state index is 12.5. The topological polar surface area (TPSA) is 41.6 Å². The van der Waals surface area contributed by atoms with Crippen LogP contribution in [0.2, 0.25) is 0 Å². The molecule has 3 rings (SSSR count). The lowest BCUT2D eigenvalue weighted by molar-refractivity contribution is -0.134. The van der Waals surface area contributed by atoms with Gasteiger partial charge in [0.15, 0.2) is 0 Å². The second-order valence-electron chi connectivity index (χ2n) is 6.98. The molecule has 3 unspecified atom stereocenters. The minimum absolute atomic E-state index is 0. The summed E-state index contributed by atoms with van der Waals surface area (Å²) < 4.78 is 5.25. The number of methoxy groups -OCH3 is 1. The summed E-state index contributed by atoms with van der Waals surface area (Å²) in [6.45, 7) is 2.66. The first kappa shape index (κ1) is 17.0. The fourth-order valence-corrected chi connectivity index (χ4v) is 4.38. The highest BCUT2D eigenvalue weighted by molar-refractivity contribution is 5.85. The molecule has 0 aromatic heterocycles. The van der Waals surface area contributed by atoms with Crippen molar-refractivity contribution in [2.24, 2.45) is 11.8 Å². The lowest BCUT2D eigenvalue weighted by Crippen LogP contribution is -2.44. The first-order chi connectivity index (χ1) is 9.74. The van der Waals surface area contributed by atoms with Gasteiger partial charge in [0.05, 0.1) is 6.61 Å². The summed E-state index contributed by atoms with van der Waals surface area (Å²) in [5.41, 5.74) is 0. The van der Waals surface area contributed by atoms with Crippen molar-refractivity contribution >= 4 is 18.3 Å². The maximum Gasteiger partial charge on any atom is 0.222 e. The highest BCUT2D eigenvalue weighted by atomic mass is 35.5.